The molecular weight excluding hydrogens is 248 g/mol. The van der Waals surface area contributed by atoms with E-state index in [1.54, 1.807) is 0 Å². The van der Waals surface area contributed by atoms with Crippen molar-refractivity contribution >= 4 is 11.6 Å². The first-order valence-corrected chi connectivity index (χ1v) is 7.48. The Hall–Kier alpha value is -1.35. The molecule has 0 spiro atoms. The van der Waals surface area contributed by atoms with Crippen molar-refractivity contribution in [1.82, 2.24) is 4.90 Å². The molecule has 0 N–H and O–H groups in total. The molecule has 1 rings (SSSR count). The van der Waals surface area contributed by atoms with Gasteiger partial charge in [0.1, 0.15) is 0 Å². The third-order valence-electron chi connectivity index (χ3n) is 3.10. The third-order valence-corrected chi connectivity index (χ3v) is 3.10. The standard InChI is InChI=1S/C17H28N2O/c1-6-9-15-10-7-8-11-16(15)19(12-14(2)3)17(20)13-18(4)5/h7-8,10-11,14H,6,9,12-13H2,1-5H3. The molecule has 0 aliphatic heterocycles. The van der Waals surface area contributed by atoms with Gasteiger partial charge in [0.15, 0.2) is 0 Å². The van der Waals surface area contributed by atoms with Crippen LogP contribution in [0.25, 0.3) is 0 Å². The van der Waals surface area contributed by atoms with Crippen molar-refractivity contribution in [1.29, 1.82) is 0 Å². The highest BCUT2D eigenvalue weighted by Gasteiger charge is 2.19. The summed E-state index contributed by atoms with van der Waals surface area (Å²) < 4.78 is 0. The molecular formula is C17H28N2O. The minimum Gasteiger partial charge on any atom is -0.311 e. The number of carbonyl (C=O) groups excluding carboxylic acids is 1. The smallest absolute Gasteiger partial charge is 0.241 e. The van der Waals surface area contributed by atoms with E-state index >= 15 is 0 Å². The van der Waals surface area contributed by atoms with Gasteiger partial charge in [0, 0.05) is 12.2 Å². The largest absolute Gasteiger partial charge is 0.311 e. The van der Waals surface area contributed by atoms with Gasteiger partial charge in [-0.3, -0.25) is 4.79 Å². The number of nitrogens with zero attached hydrogens (tertiary/aromatic N) is 2. The monoisotopic (exact) mass is 276 g/mol. The van der Waals surface area contributed by atoms with Crippen molar-refractivity contribution in [2.75, 3.05) is 32.1 Å². The highest BCUT2D eigenvalue weighted by molar-refractivity contribution is 5.95. The van der Waals surface area contributed by atoms with Crippen LogP contribution < -0.4 is 4.90 Å². The number of anilines is 1. The van der Waals surface area contributed by atoms with Gasteiger partial charge in [0.05, 0.1) is 6.54 Å². The Morgan fingerprint density at radius 2 is 1.85 bits per heavy atom. The van der Waals surface area contributed by atoms with Crippen LogP contribution in [0.3, 0.4) is 0 Å². The van der Waals surface area contributed by atoms with E-state index in [1.807, 2.05) is 30.0 Å². The summed E-state index contributed by atoms with van der Waals surface area (Å²) in [5, 5.41) is 0. The molecule has 0 saturated carbocycles. The lowest BCUT2D eigenvalue weighted by atomic mass is 10.1. The Balaban J connectivity index is 3.06. The number of hydrogen-bond acceptors (Lipinski definition) is 2. The molecule has 0 heterocycles. The molecule has 0 aliphatic rings. The summed E-state index contributed by atoms with van der Waals surface area (Å²) in [7, 11) is 3.87. The maximum atomic E-state index is 12.5. The predicted octanol–water partition coefficient (Wildman–Crippen LogP) is 3.19. The van der Waals surface area contributed by atoms with Crippen molar-refractivity contribution in [3.8, 4) is 0 Å². The molecule has 0 saturated heterocycles. The van der Waals surface area contributed by atoms with E-state index < -0.39 is 0 Å². The first-order chi connectivity index (χ1) is 9.45. The summed E-state index contributed by atoms with van der Waals surface area (Å²) >= 11 is 0. The summed E-state index contributed by atoms with van der Waals surface area (Å²) in [5.74, 6) is 0.628. The van der Waals surface area contributed by atoms with Gasteiger partial charge in [-0.15, -0.1) is 0 Å². The number of carbonyl (C=O) groups is 1. The van der Waals surface area contributed by atoms with Crippen LogP contribution in [0.4, 0.5) is 5.69 Å². The van der Waals surface area contributed by atoms with Crippen molar-refractivity contribution < 1.29 is 4.79 Å². The molecule has 1 aromatic carbocycles. The first kappa shape index (κ1) is 16.7. The van der Waals surface area contributed by atoms with E-state index in [2.05, 4.69) is 39.0 Å². The molecule has 3 nitrogen and oxygen atoms in total. The van der Waals surface area contributed by atoms with Crippen LogP contribution in [0.2, 0.25) is 0 Å². The summed E-state index contributed by atoms with van der Waals surface area (Å²) in [4.78, 5) is 16.4. The van der Waals surface area contributed by atoms with Gasteiger partial charge in [-0.1, -0.05) is 45.4 Å². The third kappa shape index (κ3) is 4.97. The number of amides is 1. The topological polar surface area (TPSA) is 23.6 Å². The van der Waals surface area contributed by atoms with Gasteiger partial charge in [0.2, 0.25) is 5.91 Å². The fourth-order valence-electron chi connectivity index (χ4n) is 2.31. The Bertz CT molecular complexity index is 427. The van der Waals surface area contributed by atoms with Gasteiger partial charge in [0.25, 0.3) is 0 Å². The summed E-state index contributed by atoms with van der Waals surface area (Å²) in [5.41, 5.74) is 2.35. The summed E-state index contributed by atoms with van der Waals surface area (Å²) in [6.07, 6.45) is 2.11. The maximum Gasteiger partial charge on any atom is 0.241 e. The zero-order chi connectivity index (χ0) is 15.1. The van der Waals surface area contributed by atoms with E-state index in [4.69, 9.17) is 0 Å². The van der Waals surface area contributed by atoms with Crippen LogP contribution in [-0.2, 0) is 11.2 Å². The molecule has 0 bridgehead atoms. The number of hydrogen-bond donors (Lipinski definition) is 0. The number of rotatable bonds is 7. The van der Waals surface area contributed by atoms with Gasteiger partial charge in [-0.25, -0.2) is 0 Å². The molecule has 1 amide bonds. The minimum atomic E-state index is 0.173. The summed E-state index contributed by atoms with van der Waals surface area (Å²) in [6, 6.07) is 8.28. The van der Waals surface area contributed by atoms with Gasteiger partial charge >= 0.3 is 0 Å². The van der Waals surface area contributed by atoms with Crippen LogP contribution in [0.5, 0.6) is 0 Å². The SMILES string of the molecule is CCCc1ccccc1N(CC(C)C)C(=O)CN(C)C. The Morgan fingerprint density at radius 3 is 2.40 bits per heavy atom. The van der Waals surface area contributed by atoms with Gasteiger partial charge in [-0.2, -0.15) is 0 Å². The van der Waals surface area contributed by atoms with E-state index in [0.717, 1.165) is 25.1 Å². The lowest BCUT2D eigenvalue weighted by Crippen LogP contribution is -2.40. The molecule has 0 aromatic heterocycles. The normalized spacial score (nSPS) is 11.2. The van der Waals surface area contributed by atoms with Crippen LogP contribution in [0.1, 0.15) is 32.8 Å². The fourth-order valence-corrected chi connectivity index (χ4v) is 2.31. The number of para-hydroxylation sites is 1. The quantitative estimate of drug-likeness (QED) is 0.763. The van der Waals surface area contributed by atoms with Crippen LogP contribution >= 0.6 is 0 Å². The van der Waals surface area contributed by atoms with E-state index in [1.165, 1.54) is 5.56 Å². The maximum absolute atomic E-state index is 12.5. The highest BCUT2D eigenvalue weighted by atomic mass is 16.2. The minimum absolute atomic E-state index is 0.173. The lowest BCUT2D eigenvalue weighted by molar-refractivity contribution is -0.119. The van der Waals surface area contributed by atoms with Crippen molar-refractivity contribution in [2.24, 2.45) is 5.92 Å². The molecule has 20 heavy (non-hydrogen) atoms. The Morgan fingerprint density at radius 1 is 1.20 bits per heavy atom. The number of likely N-dealkylation sites (N-methyl/N-ethyl adjacent to an activating group) is 1. The average Bonchev–Trinajstić information content (AvgIpc) is 2.36. The molecule has 0 unspecified atom stereocenters. The van der Waals surface area contributed by atoms with Crippen molar-refractivity contribution in [3.63, 3.8) is 0 Å². The zero-order valence-corrected chi connectivity index (χ0v) is 13.5. The first-order valence-electron chi connectivity index (χ1n) is 7.48. The Kier molecular flexibility index (Phi) is 6.73. The van der Waals surface area contributed by atoms with Crippen LogP contribution in [0, 0.1) is 5.92 Å². The molecule has 0 radical (unpaired) electrons. The number of benzene rings is 1. The molecule has 112 valence electrons. The second-order valence-electron chi connectivity index (χ2n) is 6.01. The molecule has 0 atom stereocenters. The van der Waals surface area contributed by atoms with Crippen LogP contribution in [0.15, 0.2) is 24.3 Å². The molecule has 0 fully saturated rings. The molecule has 3 heteroatoms. The van der Waals surface area contributed by atoms with Gasteiger partial charge in [-0.05, 0) is 38.1 Å². The zero-order valence-electron chi connectivity index (χ0n) is 13.5. The molecule has 0 aliphatic carbocycles. The van der Waals surface area contributed by atoms with E-state index in [-0.39, 0.29) is 5.91 Å². The molecule has 1 aromatic rings. The van der Waals surface area contributed by atoms with Crippen molar-refractivity contribution in [3.05, 3.63) is 29.8 Å². The fraction of sp³-hybridized carbons (Fsp3) is 0.588. The predicted molar refractivity (Wildman–Crippen MR) is 86.2 cm³/mol. The van der Waals surface area contributed by atoms with E-state index in [9.17, 15) is 4.79 Å². The number of aryl methyl sites for hydroxylation is 1. The second-order valence-corrected chi connectivity index (χ2v) is 6.01. The second kappa shape index (κ2) is 8.05. The Labute approximate surface area is 123 Å². The van der Waals surface area contributed by atoms with Gasteiger partial charge < -0.3 is 9.80 Å². The van der Waals surface area contributed by atoms with Crippen molar-refractivity contribution in [2.45, 2.75) is 33.6 Å². The highest BCUT2D eigenvalue weighted by Crippen LogP contribution is 2.23. The van der Waals surface area contributed by atoms with E-state index in [0.29, 0.717) is 12.5 Å². The lowest BCUT2D eigenvalue weighted by Gasteiger charge is -2.28. The van der Waals surface area contributed by atoms with Crippen LogP contribution in [-0.4, -0.2) is 38.0 Å². The average molecular weight is 276 g/mol. The summed E-state index contributed by atoms with van der Waals surface area (Å²) in [6.45, 7) is 7.70.